The Labute approximate surface area is 167 Å². The van der Waals surface area contributed by atoms with Gasteiger partial charge < -0.3 is 9.30 Å². The molecule has 28 heavy (non-hydrogen) atoms. The predicted molar refractivity (Wildman–Crippen MR) is 110 cm³/mol. The second kappa shape index (κ2) is 8.23. The first kappa shape index (κ1) is 20.8. The summed E-state index contributed by atoms with van der Waals surface area (Å²) < 4.78 is 31.2. The van der Waals surface area contributed by atoms with Crippen molar-refractivity contribution in [1.29, 1.82) is 0 Å². The summed E-state index contributed by atoms with van der Waals surface area (Å²) in [5, 5.41) is 0. The van der Waals surface area contributed by atoms with E-state index in [4.69, 9.17) is 4.74 Å². The number of fused-ring (bicyclic) bond motifs is 1. The van der Waals surface area contributed by atoms with Crippen LogP contribution in [0.25, 0.3) is 11.0 Å². The molecule has 1 aromatic carbocycles. The van der Waals surface area contributed by atoms with Crippen molar-refractivity contribution < 1.29 is 17.9 Å². The van der Waals surface area contributed by atoms with Gasteiger partial charge in [-0.2, -0.15) is 0 Å². The van der Waals surface area contributed by atoms with Gasteiger partial charge >= 0.3 is 5.97 Å². The van der Waals surface area contributed by atoms with Crippen LogP contribution >= 0.6 is 0 Å². The highest BCUT2D eigenvalue weighted by molar-refractivity contribution is 7.89. The van der Waals surface area contributed by atoms with E-state index in [1.165, 1.54) is 12.7 Å². The Morgan fingerprint density at radius 1 is 1.29 bits per heavy atom. The van der Waals surface area contributed by atoms with Gasteiger partial charge in [0.2, 0.25) is 0 Å². The molecule has 3 rings (SSSR count). The number of rotatable bonds is 6. The van der Waals surface area contributed by atoms with E-state index in [-0.39, 0.29) is 24.4 Å². The summed E-state index contributed by atoms with van der Waals surface area (Å²) in [6.07, 6.45) is 4.22. The number of hydrogen-bond acceptors (Lipinski definition) is 5. The summed E-state index contributed by atoms with van der Waals surface area (Å²) >= 11 is 0. The lowest BCUT2D eigenvalue weighted by Crippen LogP contribution is -2.36. The van der Waals surface area contributed by atoms with E-state index in [1.54, 1.807) is 4.57 Å². The summed E-state index contributed by atoms with van der Waals surface area (Å²) in [7, 11) is -3.27. The number of imidazole rings is 1. The zero-order valence-corrected chi connectivity index (χ0v) is 17.9. The van der Waals surface area contributed by atoms with Crippen molar-refractivity contribution in [2.75, 3.05) is 6.26 Å². The number of carbonyl (C=O) groups excluding carboxylic acids is 1. The second-order valence-corrected chi connectivity index (χ2v) is 10.7. The number of carbonyl (C=O) groups is 1. The fraction of sp³-hybridized carbons (Fsp3) is 0.619. The Balaban J connectivity index is 1.83. The number of nitrogens with zero attached hydrogens (tertiary/aromatic N) is 2. The van der Waals surface area contributed by atoms with E-state index in [1.807, 2.05) is 24.3 Å². The highest BCUT2D eigenvalue weighted by atomic mass is 32.2. The van der Waals surface area contributed by atoms with E-state index in [9.17, 15) is 13.2 Å². The quantitative estimate of drug-likeness (QED) is 0.685. The molecule has 6 nitrogen and oxygen atoms in total. The lowest BCUT2D eigenvalue weighted by Gasteiger charge is -2.36. The van der Waals surface area contributed by atoms with Crippen molar-refractivity contribution in [2.45, 2.75) is 58.4 Å². The van der Waals surface area contributed by atoms with Gasteiger partial charge in [0, 0.05) is 6.26 Å². The fourth-order valence-electron chi connectivity index (χ4n) is 4.23. The second-order valence-electron chi connectivity index (χ2n) is 8.53. The van der Waals surface area contributed by atoms with Gasteiger partial charge in [0.05, 0.1) is 11.0 Å². The van der Waals surface area contributed by atoms with Crippen LogP contribution in [0.2, 0.25) is 0 Å². The van der Waals surface area contributed by atoms with Crippen LogP contribution in [0.3, 0.4) is 0 Å². The molecule has 0 spiro atoms. The van der Waals surface area contributed by atoms with Crippen molar-refractivity contribution in [1.82, 2.24) is 9.55 Å². The zero-order valence-electron chi connectivity index (χ0n) is 17.1. The van der Waals surface area contributed by atoms with Gasteiger partial charge in [0.25, 0.3) is 0 Å². The number of benzene rings is 1. The van der Waals surface area contributed by atoms with E-state index >= 15 is 0 Å². The van der Waals surface area contributed by atoms with Crippen molar-refractivity contribution in [3.8, 4) is 0 Å². The van der Waals surface area contributed by atoms with Crippen molar-refractivity contribution in [2.24, 2.45) is 17.8 Å². The molecule has 1 fully saturated rings. The number of hydrogen-bond donors (Lipinski definition) is 0. The molecule has 0 aliphatic heterocycles. The fourth-order valence-corrected chi connectivity index (χ4v) is 4.92. The van der Waals surface area contributed by atoms with Crippen LogP contribution in [0.1, 0.15) is 45.9 Å². The molecule has 0 saturated heterocycles. The van der Waals surface area contributed by atoms with E-state index < -0.39 is 9.84 Å². The third-order valence-electron chi connectivity index (χ3n) is 5.66. The van der Waals surface area contributed by atoms with Crippen LogP contribution in [0.4, 0.5) is 0 Å². The zero-order chi connectivity index (χ0) is 20.5. The molecule has 0 bridgehead atoms. The third kappa shape index (κ3) is 4.93. The number of aromatic nitrogens is 2. The first-order valence-corrected chi connectivity index (χ1v) is 12.0. The normalized spacial score (nSPS) is 23.2. The van der Waals surface area contributed by atoms with Gasteiger partial charge in [-0.15, -0.1) is 0 Å². The van der Waals surface area contributed by atoms with Crippen LogP contribution < -0.4 is 0 Å². The molecule has 0 N–H and O–H groups in total. The first-order chi connectivity index (χ1) is 13.1. The maximum absolute atomic E-state index is 12.8. The highest BCUT2D eigenvalue weighted by Gasteiger charge is 2.33. The average Bonchev–Trinajstić information content (AvgIpc) is 2.90. The summed E-state index contributed by atoms with van der Waals surface area (Å²) in [6.45, 7) is 6.52. The molecule has 0 unspecified atom stereocenters. The first-order valence-electron chi connectivity index (χ1n) is 9.95. The summed E-state index contributed by atoms with van der Waals surface area (Å²) in [4.78, 5) is 17.2. The minimum Gasteiger partial charge on any atom is -0.461 e. The van der Waals surface area contributed by atoms with Crippen LogP contribution in [-0.4, -0.2) is 36.3 Å². The molecule has 1 aliphatic carbocycles. The van der Waals surface area contributed by atoms with Gasteiger partial charge in [-0.3, -0.25) is 4.79 Å². The van der Waals surface area contributed by atoms with E-state index in [0.717, 1.165) is 18.4 Å². The van der Waals surface area contributed by atoms with Gasteiger partial charge in [0.15, 0.2) is 9.84 Å². The van der Waals surface area contributed by atoms with Crippen molar-refractivity contribution in [3.63, 3.8) is 0 Å². The van der Waals surface area contributed by atoms with Gasteiger partial charge in [-0.25, -0.2) is 13.4 Å². The van der Waals surface area contributed by atoms with Crippen LogP contribution in [0, 0.1) is 17.8 Å². The smallest absolute Gasteiger partial charge is 0.326 e. The standard InChI is InChI=1S/C21H30N2O4S/c1-14(2)16-10-9-15(3)11-19(16)27-21(24)12-23-18-8-6-5-7-17(18)22-20(23)13-28(4,25)26/h5-8,14-16,19H,9-13H2,1-4H3/t15-,16+,19-/m1/s1. The van der Waals surface area contributed by atoms with Crippen LogP contribution in [-0.2, 0) is 31.7 Å². The molecule has 1 heterocycles. The Morgan fingerprint density at radius 3 is 2.68 bits per heavy atom. The van der Waals surface area contributed by atoms with Crippen LogP contribution in [0.15, 0.2) is 24.3 Å². The summed E-state index contributed by atoms with van der Waals surface area (Å²) in [5.41, 5.74) is 1.43. The van der Waals surface area contributed by atoms with Crippen molar-refractivity contribution in [3.05, 3.63) is 30.1 Å². The van der Waals surface area contributed by atoms with Crippen molar-refractivity contribution >= 4 is 26.8 Å². The Morgan fingerprint density at radius 2 is 2.00 bits per heavy atom. The van der Waals surface area contributed by atoms with E-state index in [2.05, 4.69) is 25.8 Å². The van der Waals surface area contributed by atoms with Gasteiger partial charge in [0.1, 0.15) is 24.2 Å². The number of esters is 1. The van der Waals surface area contributed by atoms with Gasteiger partial charge in [-0.1, -0.05) is 39.3 Å². The molecule has 1 saturated carbocycles. The molecule has 2 aromatic rings. The van der Waals surface area contributed by atoms with Crippen LogP contribution in [0.5, 0.6) is 0 Å². The predicted octanol–water partition coefficient (Wildman–Crippen LogP) is 3.58. The molecule has 1 aliphatic rings. The molecule has 1 aromatic heterocycles. The molecular formula is C21H30N2O4S. The molecule has 154 valence electrons. The minimum absolute atomic E-state index is 0.0267. The van der Waals surface area contributed by atoms with Gasteiger partial charge in [-0.05, 0) is 42.7 Å². The Bertz CT molecular complexity index is 948. The molecule has 0 amide bonds. The Hall–Kier alpha value is -1.89. The largest absolute Gasteiger partial charge is 0.461 e. The number of para-hydroxylation sites is 2. The molecule has 3 atom stereocenters. The number of sulfone groups is 1. The SMILES string of the molecule is CC(C)[C@@H]1CC[C@@H](C)C[C@H]1OC(=O)Cn1c(CS(C)(=O)=O)nc2ccccc21. The topological polar surface area (TPSA) is 78.3 Å². The maximum Gasteiger partial charge on any atom is 0.326 e. The molecular weight excluding hydrogens is 376 g/mol. The van der Waals surface area contributed by atoms with E-state index in [0.29, 0.717) is 29.1 Å². The third-order valence-corrected chi connectivity index (χ3v) is 6.44. The maximum atomic E-state index is 12.8. The number of ether oxygens (including phenoxy) is 1. The average molecular weight is 407 g/mol. The Kier molecular flexibility index (Phi) is 6.12. The summed E-state index contributed by atoms with van der Waals surface area (Å²) in [5.74, 6) is 1.21. The molecule has 7 heteroatoms. The molecule has 0 radical (unpaired) electrons. The highest BCUT2D eigenvalue weighted by Crippen LogP contribution is 2.35. The minimum atomic E-state index is -3.27. The summed E-state index contributed by atoms with van der Waals surface area (Å²) in [6, 6.07) is 7.37. The monoisotopic (exact) mass is 406 g/mol. The lowest BCUT2D eigenvalue weighted by molar-refractivity contribution is -0.156. The lowest BCUT2D eigenvalue weighted by atomic mass is 9.75.